The van der Waals surface area contributed by atoms with E-state index in [2.05, 4.69) is 41.5 Å². The topological polar surface area (TPSA) is 83.5 Å². The molecule has 1 N–H and O–H groups in total. The zero-order valence-electron chi connectivity index (χ0n) is 25.9. The monoisotopic (exact) mass is 556 g/mol. The molecule has 0 aliphatic carbocycles. The van der Waals surface area contributed by atoms with Crippen molar-refractivity contribution in [3.63, 3.8) is 0 Å². The molecule has 3 saturated heterocycles. The minimum Gasteiger partial charge on any atom is -0.460 e. The Labute approximate surface area is 232 Å². The van der Waals surface area contributed by atoms with Crippen LogP contribution in [-0.2, 0) is 28.2 Å². The molecule has 8 heteroatoms. The van der Waals surface area contributed by atoms with Gasteiger partial charge >= 0.3 is 5.97 Å². The lowest BCUT2D eigenvalue weighted by molar-refractivity contribution is -0.401. The molecule has 3 rings (SSSR count). The van der Waals surface area contributed by atoms with E-state index in [1.165, 1.54) is 0 Å². The summed E-state index contributed by atoms with van der Waals surface area (Å²) in [5, 5.41) is 11.4. The Morgan fingerprint density at radius 1 is 0.947 bits per heavy atom. The summed E-state index contributed by atoms with van der Waals surface area (Å²) < 4.78 is 32.1. The number of hydrogen-bond donors (Lipinski definition) is 1. The largest absolute Gasteiger partial charge is 0.460 e. The van der Waals surface area contributed by atoms with Crippen molar-refractivity contribution in [1.29, 1.82) is 0 Å². The maximum absolute atomic E-state index is 12.5. The van der Waals surface area contributed by atoms with E-state index >= 15 is 0 Å². The van der Waals surface area contributed by atoms with Gasteiger partial charge in [-0.25, -0.2) is 0 Å². The van der Waals surface area contributed by atoms with Gasteiger partial charge in [0.2, 0.25) is 5.79 Å². The minimum atomic E-state index is -1.92. The van der Waals surface area contributed by atoms with E-state index in [-0.39, 0.29) is 24.6 Å². The fourth-order valence-corrected chi connectivity index (χ4v) is 12.8. The maximum atomic E-state index is 12.5. The zero-order valence-corrected chi connectivity index (χ0v) is 26.9. The summed E-state index contributed by atoms with van der Waals surface area (Å²) in [5.41, 5.74) is -0.0356. The van der Waals surface area contributed by atoms with Crippen LogP contribution in [0.2, 0.25) is 16.6 Å². The average molecular weight is 557 g/mol. The number of esters is 1. The van der Waals surface area contributed by atoms with Crippen LogP contribution in [0.25, 0.3) is 0 Å². The van der Waals surface area contributed by atoms with Gasteiger partial charge in [0.05, 0.1) is 18.6 Å². The Morgan fingerprint density at radius 3 is 2.16 bits per heavy atom. The SMILES string of the molecule is CC(C)[Si](OCC[C@H]1CCC[C@@]2(CC[C@@]3(O[C@H](CC(=O)OC(C)(C)C)CC[C@@]3(C)O)O2)O1)(C(C)C)C(C)C. The van der Waals surface area contributed by atoms with Crippen LogP contribution < -0.4 is 0 Å². The van der Waals surface area contributed by atoms with E-state index in [4.69, 9.17) is 23.4 Å². The van der Waals surface area contributed by atoms with Gasteiger partial charge in [-0.3, -0.25) is 4.79 Å². The summed E-state index contributed by atoms with van der Waals surface area (Å²) in [7, 11) is -1.92. The lowest BCUT2D eigenvalue weighted by Gasteiger charge is -2.50. The molecule has 2 spiro atoms. The van der Waals surface area contributed by atoms with Crippen molar-refractivity contribution < 1.29 is 33.3 Å². The van der Waals surface area contributed by atoms with Crippen LogP contribution in [0, 0.1) is 0 Å². The van der Waals surface area contributed by atoms with Crippen LogP contribution in [-0.4, -0.2) is 61.0 Å². The van der Waals surface area contributed by atoms with E-state index < -0.39 is 31.1 Å². The number of ether oxygens (including phenoxy) is 4. The van der Waals surface area contributed by atoms with Crippen molar-refractivity contribution >= 4 is 14.3 Å². The van der Waals surface area contributed by atoms with Crippen LogP contribution >= 0.6 is 0 Å². The molecule has 7 nitrogen and oxygen atoms in total. The molecule has 0 radical (unpaired) electrons. The first kappa shape index (κ1) is 32.0. The van der Waals surface area contributed by atoms with E-state index in [0.717, 1.165) is 25.7 Å². The predicted octanol–water partition coefficient (Wildman–Crippen LogP) is 7.00. The molecular formula is C30H56O7Si. The Balaban J connectivity index is 1.64. The van der Waals surface area contributed by atoms with Crippen molar-refractivity contribution in [2.24, 2.45) is 0 Å². The molecule has 0 amide bonds. The smallest absolute Gasteiger partial charge is 0.308 e. The summed E-state index contributed by atoms with van der Waals surface area (Å²) in [6, 6.07) is 0. The van der Waals surface area contributed by atoms with Gasteiger partial charge in [-0.15, -0.1) is 0 Å². The zero-order chi connectivity index (χ0) is 28.6. The van der Waals surface area contributed by atoms with Crippen molar-refractivity contribution in [2.45, 2.75) is 179 Å². The first-order chi connectivity index (χ1) is 17.5. The number of rotatable bonds is 9. The lowest BCUT2D eigenvalue weighted by Crippen LogP contribution is -2.60. The fraction of sp³-hybridized carbons (Fsp3) is 0.967. The minimum absolute atomic E-state index is 0.0585. The van der Waals surface area contributed by atoms with E-state index in [1.54, 1.807) is 6.92 Å². The average Bonchev–Trinajstić information content (AvgIpc) is 3.10. The van der Waals surface area contributed by atoms with Gasteiger partial charge in [0, 0.05) is 25.9 Å². The standard InChI is InChI=1S/C30H56O7Si/c1-21(2)38(22(3)4,23(5)6)33-19-14-24-12-11-15-29(34-24)17-18-30(37-29)28(10,32)16-13-25(35-30)20-26(31)36-27(7,8)9/h21-25,32H,11-20H2,1-10H3/t24-,25+,28-,29-,30-/m1/s1. The van der Waals surface area contributed by atoms with Gasteiger partial charge in [0.1, 0.15) is 11.2 Å². The molecule has 0 aromatic rings. The summed E-state index contributed by atoms with van der Waals surface area (Å²) in [4.78, 5) is 12.5. The number of carbonyl (C=O) groups is 1. The maximum Gasteiger partial charge on any atom is 0.308 e. The second kappa shape index (κ2) is 11.8. The van der Waals surface area contributed by atoms with Crippen molar-refractivity contribution in [3.8, 4) is 0 Å². The highest BCUT2D eigenvalue weighted by atomic mass is 28.4. The third-order valence-electron chi connectivity index (χ3n) is 9.10. The van der Waals surface area contributed by atoms with Crippen LogP contribution in [0.15, 0.2) is 0 Å². The molecule has 3 heterocycles. The molecule has 0 bridgehead atoms. The second-order valence-electron chi connectivity index (χ2n) is 14.2. The highest BCUT2D eigenvalue weighted by molar-refractivity contribution is 6.77. The third-order valence-corrected chi connectivity index (χ3v) is 15.2. The quantitative estimate of drug-likeness (QED) is 0.242. The summed E-state index contributed by atoms with van der Waals surface area (Å²) in [6.07, 6.45) is 5.77. The number of aliphatic hydroxyl groups is 1. The highest BCUT2D eigenvalue weighted by Crippen LogP contribution is 2.54. The van der Waals surface area contributed by atoms with Crippen LogP contribution in [0.3, 0.4) is 0 Å². The Morgan fingerprint density at radius 2 is 1.58 bits per heavy atom. The summed E-state index contributed by atoms with van der Waals surface area (Å²) >= 11 is 0. The van der Waals surface area contributed by atoms with Gasteiger partial charge in [0.15, 0.2) is 14.1 Å². The molecule has 38 heavy (non-hydrogen) atoms. The van der Waals surface area contributed by atoms with Gasteiger partial charge in [-0.05, 0) is 76.4 Å². The van der Waals surface area contributed by atoms with Gasteiger partial charge in [0.25, 0.3) is 0 Å². The summed E-state index contributed by atoms with van der Waals surface area (Å²) in [6.45, 7) is 22.0. The third kappa shape index (κ3) is 6.85. The summed E-state index contributed by atoms with van der Waals surface area (Å²) in [5.74, 6) is -2.22. The Kier molecular flexibility index (Phi) is 9.91. The second-order valence-corrected chi connectivity index (χ2v) is 19.7. The molecule has 0 aromatic heterocycles. The molecule has 5 atom stereocenters. The molecule has 0 saturated carbocycles. The van der Waals surface area contributed by atoms with E-state index in [0.29, 0.717) is 48.9 Å². The molecule has 0 unspecified atom stereocenters. The van der Waals surface area contributed by atoms with Crippen LogP contribution in [0.4, 0.5) is 0 Å². The highest BCUT2D eigenvalue weighted by Gasteiger charge is 2.63. The van der Waals surface area contributed by atoms with Crippen molar-refractivity contribution in [2.75, 3.05) is 6.61 Å². The van der Waals surface area contributed by atoms with Crippen LogP contribution in [0.5, 0.6) is 0 Å². The molecule has 222 valence electrons. The van der Waals surface area contributed by atoms with Crippen molar-refractivity contribution in [3.05, 3.63) is 0 Å². The molecular weight excluding hydrogens is 500 g/mol. The molecule has 3 aliphatic heterocycles. The Hall–Kier alpha value is -0.513. The van der Waals surface area contributed by atoms with Crippen LogP contribution in [0.1, 0.15) is 127 Å². The normalized spacial score (nSPS) is 34.7. The number of carbonyl (C=O) groups excluding carboxylic acids is 1. The molecule has 3 fully saturated rings. The number of hydrogen-bond acceptors (Lipinski definition) is 7. The first-order valence-electron chi connectivity index (χ1n) is 15.1. The predicted molar refractivity (Wildman–Crippen MR) is 151 cm³/mol. The fourth-order valence-electron chi connectivity index (χ4n) is 7.37. The van der Waals surface area contributed by atoms with Gasteiger partial charge in [-0.1, -0.05) is 41.5 Å². The van der Waals surface area contributed by atoms with Gasteiger partial charge in [-0.2, -0.15) is 0 Å². The van der Waals surface area contributed by atoms with E-state index in [9.17, 15) is 9.90 Å². The molecule has 3 aliphatic rings. The Bertz CT molecular complexity index is 783. The first-order valence-corrected chi connectivity index (χ1v) is 17.2. The molecule has 0 aromatic carbocycles. The lowest BCUT2D eigenvalue weighted by atomic mass is 9.83. The van der Waals surface area contributed by atoms with E-state index in [1.807, 2.05) is 20.8 Å². The van der Waals surface area contributed by atoms with Gasteiger partial charge < -0.3 is 28.5 Å². The van der Waals surface area contributed by atoms with Crippen molar-refractivity contribution in [1.82, 2.24) is 0 Å².